The second-order valence-corrected chi connectivity index (χ2v) is 4.34. The molecule has 2 atom stereocenters. The standard InChI is InChI=1S/C14H17NO5S/c1-5-13(17)19-9(3)11(7-12(16)15-8-21)10(4)20-14(18)6-2/h5-6,9-11H,1-2,7H2,3-4H3. The van der Waals surface area contributed by atoms with E-state index in [9.17, 15) is 14.4 Å². The Morgan fingerprint density at radius 1 is 1.14 bits per heavy atom. The Morgan fingerprint density at radius 3 is 1.90 bits per heavy atom. The Bertz CT molecular complexity index is 454. The molecule has 2 unspecified atom stereocenters. The van der Waals surface area contributed by atoms with Crippen molar-refractivity contribution in [3.05, 3.63) is 25.3 Å². The van der Waals surface area contributed by atoms with Gasteiger partial charge in [-0.3, -0.25) is 4.79 Å². The molecule has 0 aliphatic heterocycles. The van der Waals surface area contributed by atoms with Crippen molar-refractivity contribution in [1.82, 2.24) is 0 Å². The molecule has 21 heavy (non-hydrogen) atoms. The van der Waals surface area contributed by atoms with Crippen molar-refractivity contribution in [3.8, 4) is 0 Å². The summed E-state index contributed by atoms with van der Waals surface area (Å²) in [4.78, 5) is 37.4. The summed E-state index contributed by atoms with van der Waals surface area (Å²) in [5.74, 6) is -2.41. The fourth-order valence-corrected chi connectivity index (χ4v) is 1.75. The fraction of sp³-hybridized carbons (Fsp3) is 0.429. The Morgan fingerprint density at radius 2 is 1.57 bits per heavy atom. The Hall–Kier alpha value is -2.11. The number of thiocarbonyl (C=S) groups is 1. The number of nitrogens with zero attached hydrogens (tertiary/aromatic N) is 1. The van der Waals surface area contributed by atoms with Crippen LogP contribution in [0.25, 0.3) is 0 Å². The van der Waals surface area contributed by atoms with Crippen molar-refractivity contribution < 1.29 is 23.9 Å². The molecule has 0 aliphatic carbocycles. The molecule has 0 N–H and O–H groups in total. The molecule has 1 amide bonds. The van der Waals surface area contributed by atoms with Crippen LogP contribution in [-0.2, 0) is 23.9 Å². The highest BCUT2D eigenvalue weighted by molar-refractivity contribution is 7.78. The van der Waals surface area contributed by atoms with Gasteiger partial charge in [-0.15, -0.1) is 0 Å². The van der Waals surface area contributed by atoms with Gasteiger partial charge in [-0.1, -0.05) is 13.2 Å². The van der Waals surface area contributed by atoms with Crippen LogP contribution in [0.4, 0.5) is 0 Å². The van der Waals surface area contributed by atoms with Crippen LogP contribution >= 0.6 is 12.2 Å². The van der Waals surface area contributed by atoms with Crippen molar-refractivity contribution in [2.24, 2.45) is 10.9 Å². The molecule has 0 heterocycles. The maximum Gasteiger partial charge on any atom is 0.330 e. The quantitative estimate of drug-likeness (QED) is 0.294. The number of isothiocyanates is 1. The van der Waals surface area contributed by atoms with E-state index in [2.05, 4.69) is 30.4 Å². The number of hydrogen-bond acceptors (Lipinski definition) is 6. The third kappa shape index (κ3) is 7.29. The largest absolute Gasteiger partial charge is 0.459 e. The fourth-order valence-electron chi connectivity index (χ4n) is 1.65. The monoisotopic (exact) mass is 311 g/mol. The molecule has 0 saturated heterocycles. The predicted octanol–water partition coefficient (Wildman–Crippen LogP) is 1.86. The lowest BCUT2D eigenvalue weighted by atomic mass is 9.93. The molecule has 0 bridgehead atoms. The molecule has 0 aromatic heterocycles. The van der Waals surface area contributed by atoms with Gasteiger partial charge in [0.25, 0.3) is 5.91 Å². The normalized spacial score (nSPS) is 13.8. The minimum Gasteiger partial charge on any atom is -0.459 e. The molecule has 114 valence electrons. The van der Waals surface area contributed by atoms with Crippen LogP contribution in [0.1, 0.15) is 20.3 Å². The van der Waals surface area contributed by atoms with Crippen LogP contribution in [0, 0.1) is 5.92 Å². The van der Waals surface area contributed by atoms with E-state index in [1.165, 1.54) is 0 Å². The van der Waals surface area contributed by atoms with E-state index in [-0.39, 0.29) is 6.42 Å². The first-order valence-corrected chi connectivity index (χ1v) is 6.53. The second kappa shape index (κ2) is 9.74. The lowest BCUT2D eigenvalue weighted by Crippen LogP contribution is -2.35. The van der Waals surface area contributed by atoms with Gasteiger partial charge in [0, 0.05) is 24.5 Å². The van der Waals surface area contributed by atoms with Gasteiger partial charge in [0.05, 0.1) is 5.16 Å². The first kappa shape index (κ1) is 18.9. The summed E-state index contributed by atoms with van der Waals surface area (Å²) in [5.41, 5.74) is 0. The minimum atomic E-state index is -0.688. The lowest BCUT2D eigenvalue weighted by Gasteiger charge is -2.27. The molecule has 0 spiro atoms. The third-order valence-electron chi connectivity index (χ3n) is 2.72. The SMILES string of the molecule is C=CC(=O)OC(C)C(CC(=O)N=C=S)C(C)OC(=O)C=C. The summed E-state index contributed by atoms with van der Waals surface area (Å²) in [6.07, 6.45) is 0.524. The molecular weight excluding hydrogens is 294 g/mol. The summed E-state index contributed by atoms with van der Waals surface area (Å²) in [6.45, 7) is 9.74. The minimum absolute atomic E-state index is 0.110. The van der Waals surface area contributed by atoms with Gasteiger partial charge < -0.3 is 9.47 Å². The summed E-state index contributed by atoms with van der Waals surface area (Å²) in [5, 5.41) is 1.97. The first-order valence-electron chi connectivity index (χ1n) is 6.12. The molecule has 6 nitrogen and oxygen atoms in total. The van der Waals surface area contributed by atoms with E-state index in [1.54, 1.807) is 13.8 Å². The van der Waals surface area contributed by atoms with Crippen LogP contribution in [0.2, 0.25) is 0 Å². The van der Waals surface area contributed by atoms with Crippen LogP contribution in [0.15, 0.2) is 30.3 Å². The molecule has 0 aromatic carbocycles. The van der Waals surface area contributed by atoms with Crippen LogP contribution in [0.5, 0.6) is 0 Å². The molecule has 0 aromatic rings. The zero-order chi connectivity index (χ0) is 16.4. The number of carbonyl (C=O) groups is 3. The lowest BCUT2D eigenvalue weighted by molar-refractivity contribution is -0.155. The number of aliphatic imine (C=N–C) groups is 1. The smallest absolute Gasteiger partial charge is 0.330 e. The first-order chi connectivity index (χ1) is 9.85. The molecule has 0 saturated carbocycles. The Labute approximate surface area is 128 Å². The average molecular weight is 311 g/mol. The van der Waals surface area contributed by atoms with E-state index in [1.807, 2.05) is 5.16 Å². The maximum atomic E-state index is 11.6. The van der Waals surface area contributed by atoms with Gasteiger partial charge in [0.2, 0.25) is 0 Å². The van der Waals surface area contributed by atoms with Crippen LogP contribution < -0.4 is 0 Å². The average Bonchev–Trinajstić information content (AvgIpc) is 2.44. The van der Waals surface area contributed by atoms with E-state index >= 15 is 0 Å². The highest BCUT2D eigenvalue weighted by atomic mass is 32.1. The summed E-state index contributed by atoms with van der Waals surface area (Å²) < 4.78 is 10.1. The summed E-state index contributed by atoms with van der Waals surface area (Å²) in [6, 6.07) is 0. The molecule has 0 rings (SSSR count). The third-order valence-corrected chi connectivity index (χ3v) is 2.82. The number of amides is 1. The number of hydrogen-bond donors (Lipinski definition) is 0. The number of rotatable bonds is 8. The Balaban J connectivity index is 5.05. The number of ether oxygens (including phenoxy) is 2. The van der Waals surface area contributed by atoms with Crippen LogP contribution in [-0.4, -0.2) is 35.2 Å². The molecule has 0 fully saturated rings. The number of esters is 2. The zero-order valence-electron chi connectivity index (χ0n) is 11.9. The maximum absolute atomic E-state index is 11.6. The van der Waals surface area contributed by atoms with Gasteiger partial charge in [-0.2, -0.15) is 4.99 Å². The Kier molecular flexibility index (Phi) is 8.76. The van der Waals surface area contributed by atoms with Crippen molar-refractivity contribution in [3.63, 3.8) is 0 Å². The van der Waals surface area contributed by atoms with Crippen molar-refractivity contribution in [1.29, 1.82) is 0 Å². The highest BCUT2D eigenvalue weighted by Gasteiger charge is 2.30. The topological polar surface area (TPSA) is 82.0 Å². The van der Waals surface area contributed by atoms with E-state index in [0.29, 0.717) is 0 Å². The van der Waals surface area contributed by atoms with E-state index in [0.717, 1.165) is 12.2 Å². The summed E-state index contributed by atoms with van der Waals surface area (Å²) >= 11 is 4.36. The number of carbonyl (C=O) groups excluding carboxylic acids is 3. The van der Waals surface area contributed by atoms with Crippen molar-refractivity contribution in [2.75, 3.05) is 0 Å². The van der Waals surface area contributed by atoms with Gasteiger partial charge in [-0.05, 0) is 26.1 Å². The summed E-state index contributed by atoms with van der Waals surface area (Å²) in [7, 11) is 0. The van der Waals surface area contributed by atoms with Crippen molar-refractivity contribution >= 4 is 35.2 Å². The van der Waals surface area contributed by atoms with E-state index in [4.69, 9.17) is 9.47 Å². The van der Waals surface area contributed by atoms with Gasteiger partial charge in [0.1, 0.15) is 12.2 Å². The molecule has 0 aliphatic rings. The van der Waals surface area contributed by atoms with Gasteiger partial charge in [0.15, 0.2) is 0 Å². The molecule has 0 radical (unpaired) electrons. The van der Waals surface area contributed by atoms with Crippen molar-refractivity contribution in [2.45, 2.75) is 32.5 Å². The van der Waals surface area contributed by atoms with Gasteiger partial charge >= 0.3 is 11.9 Å². The highest BCUT2D eigenvalue weighted by Crippen LogP contribution is 2.21. The predicted molar refractivity (Wildman–Crippen MR) is 79.6 cm³/mol. The van der Waals surface area contributed by atoms with Crippen LogP contribution in [0.3, 0.4) is 0 Å². The second-order valence-electron chi connectivity index (χ2n) is 4.16. The molecule has 7 heteroatoms. The zero-order valence-corrected chi connectivity index (χ0v) is 12.7. The molecular formula is C14H17NO5S. The van der Waals surface area contributed by atoms with E-state index < -0.39 is 36.0 Å². The van der Waals surface area contributed by atoms with Gasteiger partial charge in [-0.25, -0.2) is 9.59 Å².